The van der Waals surface area contributed by atoms with E-state index in [4.69, 9.17) is 18.9 Å². The van der Waals surface area contributed by atoms with Crippen molar-refractivity contribution in [1.29, 1.82) is 0 Å². The smallest absolute Gasteiger partial charge is 0.362 e. The third-order valence-electron chi connectivity index (χ3n) is 4.88. The Bertz CT molecular complexity index is 1010. The van der Waals surface area contributed by atoms with E-state index in [1.807, 2.05) is 60.7 Å². The van der Waals surface area contributed by atoms with Crippen LogP contribution in [0.2, 0.25) is 0 Å². The SMILES string of the molecule is CCOC(=O)C(Cc1ccccc1)(Oc1ccccc1OCc1ccccc1)C(=O)OCC. The average molecular weight is 449 g/mol. The lowest BCUT2D eigenvalue weighted by atomic mass is 9.93. The minimum absolute atomic E-state index is 0.0570. The molecule has 0 aliphatic heterocycles. The predicted molar refractivity (Wildman–Crippen MR) is 124 cm³/mol. The van der Waals surface area contributed by atoms with Crippen molar-refractivity contribution in [2.24, 2.45) is 0 Å². The van der Waals surface area contributed by atoms with Crippen molar-refractivity contribution in [1.82, 2.24) is 0 Å². The van der Waals surface area contributed by atoms with Gasteiger partial charge in [-0.05, 0) is 37.1 Å². The van der Waals surface area contributed by atoms with Gasteiger partial charge in [0.1, 0.15) is 6.61 Å². The van der Waals surface area contributed by atoms with Crippen LogP contribution < -0.4 is 9.47 Å². The number of carbonyl (C=O) groups is 2. The molecule has 0 bridgehead atoms. The minimum Gasteiger partial charge on any atom is -0.485 e. The van der Waals surface area contributed by atoms with Gasteiger partial charge in [-0.25, -0.2) is 9.59 Å². The maximum atomic E-state index is 13.2. The van der Waals surface area contributed by atoms with Gasteiger partial charge in [0, 0.05) is 6.42 Å². The van der Waals surface area contributed by atoms with Gasteiger partial charge in [-0.15, -0.1) is 0 Å². The molecular formula is C27H28O6. The highest BCUT2D eigenvalue weighted by Gasteiger charge is 2.52. The first-order valence-electron chi connectivity index (χ1n) is 10.9. The second-order valence-electron chi connectivity index (χ2n) is 7.25. The summed E-state index contributed by atoms with van der Waals surface area (Å²) in [4.78, 5) is 26.4. The molecule has 0 aromatic heterocycles. The summed E-state index contributed by atoms with van der Waals surface area (Å²) in [5.41, 5.74) is -0.334. The molecule has 0 radical (unpaired) electrons. The van der Waals surface area contributed by atoms with E-state index in [0.29, 0.717) is 12.4 Å². The second kappa shape index (κ2) is 11.7. The number of carbonyl (C=O) groups excluding carboxylic acids is 2. The maximum absolute atomic E-state index is 13.2. The molecule has 0 saturated heterocycles. The van der Waals surface area contributed by atoms with Crippen LogP contribution in [0.4, 0.5) is 0 Å². The zero-order valence-electron chi connectivity index (χ0n) is 18.9. The summed E-state index contributed by atoms with van der Waals surface area (Å²) in [5, 5.41) is 0. The lowest BCUT2D eigenvalue weighted by Gasteiger charge is -2.30. The number of rotatable bonds is 11. The van der Waals surface area contributed by atoms with Gasteiger partial charge < -0.3 is 18.9 Å². The molecule has 0 unspecified atom stereocenters. The third-order valence-corrected chi connectivity index (χ3v) is 4.88. The van der Waals surface area contributed by atoms with Crippen LogP contribution in [0.15, 0.2) is 84.9 Å². The van der Waals surface area contributed by atoms with E-state index >= 15 is 0 Å². The van der Waals surface area contributed by atoms with Gasteiger partial charge in [0.05, 0.1) is 13.2 Å². The molecule has 33 heavy (non-hydrogen) atoms. The largest absolute Gasteiger partial charge is 0.485 e. The molecule has 0 heterocycles. The molecular weight excluding hydrogens is 420 g/mol. The maximum Gasteiger partial charge on any atom is 0.362 e. The fourth-order valence-corrected chi connectivity index (χ4v) is 3.30. The Labute approximate surface area is 194 Å². The minimum atomic E-state index is -2.03. The van der Waals surface area contributed by atoms with E-state index in [1.165, 1.54) is 0 Å². The second-order valence-corrected chi connectivity index (χ2v) is 7.25. The van der Waals surface area contributed by atoms with E-state index < -0.39 is 17.5 Å². The van der Waals surface area contributed by atoms with E-state index in [0.717, 1.165) is 11.1 Å². The standard InChI is InChI=1S/C27H28O6/c1-3-30-25(28)27(26(29)31-4-2,19-21-13-7-5-8-14-21)33-24-18-12-11-17-23(24)32-20-22-15-9-6-10-16-22/h5-18H,3-4,19-20H2,1-2H3. The summed E-state index contributed by atoms with van der Waals surface area (Å²) >= 11 is 0. The van der Waals surface area contributed by atoms with E-state index in [2.05, 4.69) is 0 Å². The first-order valence-corrected chi connectivity index (χ1v) is 10.9. The van der Waals surface area contributed by atoms with Gasteiger partial charge in [-0.2, -0.15) is 0 Å². The predicted octanol–water partition coefficient (Wildman–Crippen LogP) is 4.75. The molecule has 0 fully saturated rings. The van der Waals surface area contributed by atoms with Gasteiger partial charge in [-0.1, -0.05) is 72.8 Å². The Morgan fingerprint density at radius 1 is 0.667 bits per heavy atom. The first-order chi connectivity index (χ1) is 16.1. The number of para-hydroxylation sites is 2. The Morgan fingerprint density at radius 3 is 1.70 bits per heavy atom. The molecule has 0 atom stereocenters. The highest BCUT2D eigenvalue weighted by atomic mass is 16.6. The molecule has 3 aromatic rings. The molecule has 0 aliphatic carbocycles. The lowest BCUT2D eigenvalue weighted by molar-refractivity contribution is -0.179. The topological polar surface area (TPSA) is 71.1 Å². The highest BCUT2D eigenvalue weighted by Crippen LogP contribution is 2.33. The van der Waals surface area contributed by atoms with Crippen LogP contribution in [0.1, 0.15) is 25.0 Å². The average Bonchev–Trinajstić information content (AvgIpc) is 2.84. The Morgan fingerprint density at radius 2 is 1.15 bits per heavy atom. The quantitative estimate of drug-likeness (QED) is 0.311. The molecule has 0 spiro atoms. The molecule has 0 N–H and O–H groups in total. The number of hydrogen-bond donors (Lipinski definition) is 0. The summed E-state index contributed by atoms with van der Waals surface area (Å²) in [6, 6.07) is 25.7. The van der Waals surface area contributed by atoms with Crippen molar-refractivity contribution in [2.45, 2.75) is 32.5 Å². The molecule has 6 heteroatoms. The number of ether oxygens (including phenoxy) is 4. The van der Waals surface area contributed by atoms with E-state index in [9.17, 15) is 9.59 Å². The third kappa shape index (κ3) is 6.13. The van der Waals surface area contributed by atoms with Gasteiger partial charge in [0.25, 0.3) is 0 Å². The summed E-state index contributed by atoms with van der Waals surface area (Å²) in [6.45, 7) is 3.82. The van der Waals surface area contributed by atoms with Crippen molar-refractivity contribution in [3.8, 4) is 11.5 Å². The van der Waals surface area contributed by atoms with Crippen LogP contribution in [0.3, 0.4) is 0 Å². The van der Waals surface area contributed by atoms with Crippen molar-refractivity contribution in [2.75, 3.05) is 13.2 Å². The van der Waals surface area contributed by atoms with Gasteiger partial charge in [0.15, 0.2) is 11.5 Å². The molecule has 0 saturated carbocycles. The Hall–Kier alpha value is -3.80. The van der Waals surface area contributed by atoms with Gasteiger partial charge >= 0.3 is 17.5 Å². The van der Waals surface area contributed by atoms with Crippen LogP contribution in [-0.4, -0.2) is 30.8 Å². The highest BCUT2D eigenvalue weighted by molar-refractivity contribution is 6.04. The zero-order chi connectivity index (χ0) is 23.5. The van der Waals surface area contributed by atoms with E-state index in [1.54, 1.807) is 38.1 Å². The van der Waals surface area contributed by atoms with Gasteiger partial charge in [0.2, 0.25) is 0 Å². The van der Waals surface area contributed by atoms with Crippen molar-refractivity contribution in [3.63, 3.8) is 0 Å². The molecule has 0 aliphatic rings. The van der Waals surface area contributed by atoms with Crippen LogP contribution in [0.5, 0.6) is 11.5 Å². The van der Waals surface area contributed by atoms with Crippen LogP contribution in [0, 0.1) is 0 Å². The number of esters is 2. The number of hydrogen-bond acceptors (Lipinski definition) is 6. The van der Waals surface area contributed by atoms with Crippen molar-refractivity contribution in [3.05, 3.63) is 96.1 Å². The molecule has 3 rings (SSSR count). The Kier molecular flexibility index (Phi) is 8.47. The van der Waals surface area contributed by atoms with Crippen molar-refractivity contribution < 1.29 is 28.5 Å². The van der Waals surface area contributed by atoms with Crippen LogP contribution >= 0.6 is 0 Å². The monoisotopic (exact) mass is 448 g/mol. The molecule has 0 amide bonds. The van der Waals surface area contributed by atoms with Crippen LogP contribution in [0.25, 0.3) is 0 Å². The normalized spacial score (nSPS) is 10.8. The molecule has 3 aromatic carbocycles. The van der Waals surface area contributed by atoms with Gasteiger partial charge in [-0.3, -0.25) is 0 Å². The molecule has 6 nitrogen and oxygen atoms in total. The fraction of sp³-hybridized carbons (Fsp3) is 0.259. The summed E-state index contributed by atoms with van der Waals surface area (Å²) in [5.74, 6) is -0.992. The fourth-order valence-electron chi connectivity index (χ4n) is 3.30. The lowest BCUT2D eigenvalue weighted by Crippen LogP contribution is -2.55. The Balaban J connectivity index is 1.98. The zero-order valence-corrected chi connectivity index (χ0v) is 18.9. The summed E-state index contributed by atoms with van der Waals surface area (Å²) in [6.07, 6.45) is -0.0570. The van der Waals surface area contributed by atoms with Crippen molar-refractivity contribution >= 4 is 11.9 Å². The van der Waals surface area contributed by atoms with Crippen LogP contribution in [-0.2, 0) is 32.1 Å². The first kappa shape index (κ1) is 23.9. The summed E-state index contributed by atoms with van der Waals surface area (Å²) in [7, 11) is 0. The van der Waals surface area contributed by atoms with E-state index in [-0.39, 0.29) is 25.4 Å². The molecule has 172 valence electrons. The summed E-state index contributed by atoms with van der Waals surface area (Å²) < 4.78 is 22.7. The number of benzene rings is 3.